The zero-order valence-corrected chi connectivity index (χ0v) is 12.3. The third-order valence-electron chi connectivity index (χ3n) is 3.72. The Labute approximate surface area is 114 Å². The molecule has 2 unspecified atom stereocenters. The Morgan fingerprint density at radius 2 is 2.11 bits per heavy atom. The fourth-order valence-electron chi connectivity index (χ4n) is 2.72. The number of methoxy groups -OCH3 is 1. The number of hydrogen-bond donors (Lipinski definition) is 1. The molecule has 0 aliphatic carbocycles. The van der Waals surface area contributed by atoms with E-state index in [4.69, 9.17) is 4.74 Å². The minimum Gasteiger partial charge on any atom is -0.497 e. The smallest absolute Gasteiger partial charge is 0.118 e. The molecule has 1 aliphatic rings. The van der Waals surface area contributed by atoms with Crippen LogP contribution < -0.4 is 10.1 Å². The van der Waals surface area contributed by atoms with E-state index in [-0.39, 0.29) is 0 Å². The van der Waals surface area contributed by atoms with Crippen molar-refractivity contribution in [2.75, 3.05) is 19.4 Å². The highest BCUT2D eigenvalue weighted by molar-refractivity contribution is 8.00. The zero-order chi connectivity index (χ0) is 13.0. The summed E-state index contributed by atoms with van der Waals surface area (Å²) in [4.78, 5) is 0. The first kappa shape index (κ1) is 13.8. The van der Waals surface area contributed by atoms with Crippen molar-refractivity contribution in [2.45, 2.75) is 37.5 Å². The van der Waals surface area contributed by atoms with E-state index in [0.29, 0.717) is 10.8 Å². The lowest BCUT2D eigenvalue weighted by Crippen LogP contribution is -2.37. The molecule has 2 atom stereocenters. The first-order chi connectivity index (χ1) is 8.69. The maximum Gasteiger partial charge on any atom is 0.118 e. The van der Waals surface area contributed by atoms with Gasteiger partial charge >= 0.3 is 0 Å². The van der Waals surface area contributed by atoms with E-state index < -0.39 is 0 Å². The molecule has 0 amide bonds. The van der Waals surface area contributed by atoms with Gasteiger partial charge in [-0.05, 0) is 49.8 Å². The molecule has 2 rings (SSSR count). The summed E-state index contributed by atoms with van der Waals surface area (Å²) in [7, 11) is 1.71. The molecule has 1 N–H and O–H groups in total. The van der Waals surface area contributed by atoms with Gasteiger partial charge in [0.05, 0.1) is 7.11 Å². The molecule has 18 heavy (non-hydrogen) atoms. The summed E-state index contributed by atoms with van der Waals surface area (Å²) in [5.41, 5.74) is 1.37. The van der Waals surface area contributed by atoms with Crippen LogP contribution in [-0.2, 0) is 0 Å². The predicted molar refractivity (Wildman–Crippen MR) is 79.5 cm³/mol. The molecule has 1 aromatic carbocycles. The van der Waals surface area contributed by atoms with Crippen molar-refractivity contribution in [3.05, 3.63) is 29.8 Å². The van der Waals surface area contributed by atoms with Gasteiger partial charge in [0.1, 0.15) is 5.75 Å². The van der Waals surface area contributed by atoms with Crippen LogP contribution in [0, 0.1) is 0 Å². The Bertz CT molecular complexity index is 371. The van der Waals surface area contributed by atoms with Crippen LogP contribution in [0.15, 0.2) is 24.3 Å². The quantitative estimate of drug-likeness (QED) is 0.878. The molecule has 0 saturated carbocycles. The summed E-state index contributed by atoms with van der Waals surface area (Å²) in [5.74, 6) is 2.22. The van der Waals surface area contributed by atoms with Gasteiger partial charge in [-0.25, -0.2) is 0 Å². The van der Waals surface area contributed by atoms with Gasteiger partial charge in [0.25, 0.3) is 0 Å². The van der Waals surface area contributed by atoms with E-state index in [2.05, 4.69) is 55.2 Å². The molecule has 0 spiro atoms. The lowest BCUT2D eigenvalue weighted by molar-refractivity contribution is 0.409. The van der Waals surface area contributed by atoms with E-state index in [0.717, 1.165) is 12.3 Å². The largest absolute Gasteiger partial charge is 0.497 e. The third-order valence-corrected chi connectivity index (χ3v) is 5.31. The normalized spacial score (nSPS) is 25.1. The summed E-state index contributed by atoms with van der Waals surface area (Å²) in [6.45, 7) is 5.58. The van der Waals surface area contributed by atoms with Crippen molar-refractivity contribution in [2.24, 2.45) is 0 Å². The Morgan fingerprint density at radius 1 is 1.39 bits per heavy atom. The van der Waals surface area contributed by atoms with Gasteiger partial charge in [0.2, 0.25) is 0 Å². The molecule has 1 fully saturated rings. The van der Waals surface area contributed by atoms with Gasteiger partial charge in [-0.15, -0.1) is 0 Å². The van der Waals surface area contributed by atoms with E-state index >= 15 is 0 Å². The Morgan fingerprint density at radius 3 is 2.61 bits per heavy atom. The first-order valence-electron chi connectivity index (χ1n) is 6.71. The van der Waals surface area contributed by atoms with Crippen LogP contribution in [0.2, 0.25) is 0 Å². The Kier molecular flexibility index (Phi) is 4.57. The average Bonchev–Trinajstić information content (AvgIpc) is 2.84. The van der Waals surface area contributed by atoms with Gasteiger partial charge in [-0.1, -0.05) is 19.1 Å². The maximum atomic E-state index is 5.23. The SMILES string of the molecule is CCNC(c1ccc(OC)cc1)C1(C)CCCS1. The van der Waals surface area contributed by atoms with E-state index in [9.17, 15) is 0 Å². The molecule has 0 bridgehead atoms. The second-order valence-electron chi connectivity index (χ2n) is 5.03. The molecular weight excluding hydrogens is 242 g/mol. The number of nitrogens with one attached hydrogen (secondary N) is 1. The molecule has 2 nitrogen and oxygen atoms in total. The number of benzene rings is 1. The molecule has 0 radical (unpaired) electrons. The molecule has 0 aromatic heterocycles. The minimum absolute atomic E-state index is 0.324. The van der Waals surface area contributed by atoms with E-state index in [1.165, 1.54) is 24.2 Å². The van der Waals surface area contributed by atoms with E-state index in [1.807, 2.05) is 0 Å². The molecular formula is C15H23NOS. The Balaban J connectivity index is 2.22. The van der Waals surface area contributed by atoms with E-state index in [1.54, 1.807) is 7.11 Å². The number of rotatable bonds is 5. The van der Waals surface area contributed by atoms with Crippen molar-refractivity contribution in [1.82, 2.24) is 5.32 Å². The topological polar surface area (TPSA) is 21.3 Å². The second kappa shape index (κ2) is 5.98. The lowest BCUT2D eigenvalue weighted by Gasteiger charge is -2.34. The molecule has 1 saturated heterocycles. The van der Waals surface area contributed by atoms with Gasteiger partial charge in [0.15, 0.2) is 0 Å². The molecule has 1 aromatic rings. The number of hydrogen-bond acceptors (Lipinski definition) is 3. The summed E-state index contributed by atoms with van der Waals surface area (Å²) in [6.07, 6.45) is 2.63. The monoisotopic (exact) mass is 265 g/mol. The van der Waals surface area contributed by atoms with Gasteiger partial charge in [-0.3, -0.25) is 0 Å². The molecule has 100 valence electrons. The van der Waals surface area contributed by atoms with Crippen molar-refractivity contribution < 1.29 is 4.74 Å². The fourth-order valence-corrected chi connectivity index (χ4v) is 4.14. The average molecular weight is 265 g/mol. The standard InChI is InChI=1S/C15H23NOS/c1-4-16-14(15(2)10-5-11-18-15)12-6-8-13(17-3)9-7-12/h6-9,14,16H,4-5,10-11H2,1-3H3. The predicted octanol–water partition coefficient (Wildman–Crippen LogP) is 3.63. The molecule has 3 heteroatoms. The van der Waals surface area contributed by atoms with Crippen LogP contribution in [0.5, 0.6) is 5.75 Å². The number of ether oxygens (including phenoxy) is 1. The highest BCUT2D eigenvalue weighted by Crippen LogP contribution is 2.46. The van der Waals surface area contributed by atoms with Crippen molar-refractivity contribution >= 4 is 11.8 Å². The third kappa shape index (κ3) is 2.83. The van der Waals surface area contributed by atoms with Crippen molar-refractivity contribution in [3.63, 3.8) is 0 Å². The number of thioether (sulfide) groups is 1. The van der Waals surface area contributed by atoms with Gasteiger partial charge in [-0.2, -0.15) is 11.8 Å². The summed E-state index contributed by atoms with van der Waals surface area (Å²) in [6, 6.07) is 8.93. The van der Waals surface area contributed by atoms with Crippen LogP contribution in [0.25, 0.3) is 0 Å². The summed E-state index contributed by atoms with van der Waals surface area (Å²) < 4.78 is 5.56. The van der Waals surface area contributed by atoms with Crippen molar-refractivity contribution in [3.8, 4) is 5.75 Å². The second-order valence-corrected chi connectivity index (χ2v) is 6.66. The Hall–Kier alpha value is -0.670. The van der Waals surface area contributed by atoms with Gasteiger partial charge in [0, 0.05) is 10.8 Å². The summed E-state index contributed by atoms with van der Waals surface area (Å²) >= 11 is 2.10. The van der Waals surface area contributed by atoms with Crippen LogP contribution >= 0.6 is 11.8 Å². The van der Waals surface area contributed by atoms with Crippen LogP contribution in [0.1, 0.15) is 38.3 Å². The highest BCUT2D eigenvalue weighted by Gasteiger charge is 2.38. The summed E-state index contributed by atoms with van der Waals surface area (Å²) in [5, 5.41) is 3.66. The van der Waals surface area contributed by atoms with Gasteiger partial charge < -0.3 is 10.1 Å². The van der Waals surface area contributed by atoms with Crippen LogP contribution in [-0.4, -0.2) is 24.2 Å². The zero-order valence-electron chi connectivity index (χ0n) is 11.5. The lowest BCUT2D eigenvalue weighted by atomic mass is 9.90. The maximum absolute atomic E-state index is 5.23. The fraction of sp³-hybridized carbons (Fsp3) is 0.600. The molecule has 1 heterocycles. The first-order valence-corrected chi connectivity index (χ1v) is 7.69. The van der Waals surface area contributed by atoms with Crippen molar-refractivity contribution in [1.29, 1.82) is 0 Å². The molecule has 1 aliphatic heterocycles. The van der Waals surface area contributed by atoms with Crippen LogP contribution in [0.4, 0.5) is 0 Å². The minimum atomic E-state index is 0.324. The van der Waals surface area contributed by atoms with Crippen LogP contribution in [0.3, 0.4) is 0 Å². The highest BCUT2D eigenvalue weighted by atomic mass is 32.2.